The van der Waals surface area contributed by atoms with Crippen LogP contribution < -0.4 is 0 Å². The molecular weight excluding hydrogens is 260 g/mol. The zero-order chi connectivity index (χ0) is 14.9. The number of rotatable bonds is 3. The largest absolute Gasteiger partial charge is 0.465 e. The van der Waals surface area contributed by atoms with Crippen molar-refractivity contribution >= 4 is 17.8 Å². The van der Waals surface area contributed by atoms with Gasteiger partial charge in [0.25, 0.3) is 0 Å². The van der Waals surface area contributed by atoms with Crippen LogP contribution in [0.15, 0.2) is 18.3 Å². The number of esters is 1. The van der Waals surface area contributed by atoms with Crippen molar-refractivity contribution < 1.29 is 19.1 Å². The third kappa shape index (κ3) is 2.54. The number of nitrogens with zero attached hydrogens (tertiary/aromatic N) is 2. The fourth-order valence-electron chi connectivity index (χ4n) is 2.11. The number of hydrogen-bond acceptors (Lipinski definition) is 5. The molecule has 0 N–H and O–H groups in total. The molecule has 0 aliphatic carbocycles. The van der Waals surface area contributed by atoms with Crippen LogP contribution in [-0.4, -0.2) is 34.8 Å². The summed E-state index contributed by atoms with van der Waals surface area (Å²) in [5.74, 6) is -0.862. The quantitative estimate of drug-likeness (QED) is 0.611. The lowest BCUT2D eigenvalue weighted by molar-refractivity contribution is -0.141. The van der Waals surface area contributed by atoms with Crippen molar-refractivity contribution in [3.05, 3.63) is 29.6 Å². The summed E-state index contributed by atoms with van der Waals surface area (Å²) in [4.78, 5) is 40.5. The Kier molecular flexibility index (Phi) is 3.57. The second-order valence-electron chi connectivity index (χ2n) is 5.38. The van der Waals surface area contributed by atoms with E-state index in [2.05, 4.69) is 9.72 Å². The van der Waals surface area contributed by atoms with Crippen molar-refractivity contribution in [2.45, 2.75) is 26.8 Å². The summed E-state index contributed by atoms with van der Waals surface area (Å²) in [5, 5.41) is 0. The lowest BCUT2D eigenvalue weighted by atomic mass is 9.92. The molecule has 2 heterocycles. The molecule has 1 fully saturated rings. The molecule has 1 aliphatic rings. The summed E-state index contributed by atoms with van der Waals surface area (Å²) < 4.78 is 4.57. The highest BCUT2D eigenvalue weighted by atomic mass is 16.5. The molecule has 0 aromatic carbocycles. The second kappa shape index (κ2) is 5.03. The van der Waals surface area contributed by atoms with Crippen LogP contribution in [0.3, 0.4) is 0 Å². The third-order valence-electron chi connectivity index (χ3n) is 3.28. The minimum absolute atomic E-state index is 0.128. The Balaban J connectivity index is 2.13. The van der Waals surface area contributed by atoms with Crippen LogP contribution in [0, 0.1) is 5.41 Å². The maximum absolute atomic E-state index is 12.1. The highest BCUT2D eigenvalue weighted by Gasteiger charge is 2.44. The molecule has 2 amide bonds. The topological polar surface area (TPSA) is 76.6 Å². The fourth-order valence-corrected chi connectivity index (χ4v) is 2.11. The van der Waals surface area contributed by atoms with Gasteiger partial charge in [0.15, 0.2) is 0 Å². The predicted molar refractivity (Wildman–Crippen MR) is 69.5 cm³/mol. The van der Waals surface area contributed by atoms with E-state index in [1.807, 2.05) is 0 Å². The van der Waals surface area contributed by atoms with E-state index in [-0.39, 0.29) is 24.8 Å². The van der Waals surface area contributed by atoms with Gasteiger partial charge >= 0.3 is 5.97 Å². The van der Waals surface area contributed by atoms with E-state index in [0.29, 0.717) is 11.3 Å². The average Bonchev–Trinajstić information content (AvgIpc) is 2.61. The molecule has 6 heteroatoms. The predicted octanol–water partition coefficient (Wildman–Crippen LogP) is 1.15. The average molecular weight is 276 g/mol. The number of amides is 2. The minimum Gasteiger partial charge on any atom is -0.465 e. The zero-order valence-corrected chi connectivity index (χ0v) is 11.7. The molecule has 6 nitrogen and oxygen atoms in total. The number of aromatic nitrogens is 1. The SMILES string of the molecule is COC(=O)c1ccc(CN2C(=O)CC(C)(C)C2=O)nc1. The molecule has 1 aromatic rings. The first kappa shape index (κ1) is 14.2. The van der Waals surface area contributed by atoms with Crippen LogP contribution in [0.1, 0.15) is 36.3 Å². The Hall–Kier alpha value is -2.24. The lowest BCUT2D eigenvalue weighted by Crippen LogP contribution is -2.32. The number of imide groups is 1. The van der Waals surface area contributed by atoms with Crippen LogP contribution in [0.2, 0.25) is 0 Å². The number of carbonyl (C=O) groups is 3. The molecule has 1 aliphatic heterocycles. The van der Waals surface area contributed by atoms with Gasteiger partial charge in [-0.25, -0.2) is 4.79 Å². The highest BCUT2D eigenvalue weighted by Crippen LogP contribution is 2.32. The molecule has 0 unspecified atom stereocenters. The first-order valence-corrected chi connectivity index (χ1v) is 6.23. The maximum Gasteiger partial charge on any atom is 0.339 e. The van der Waals surface area contributed by atoms with Gasteiger partial charge < -0.3 is 4.74 Å². The monoisotopic (exact) mass is 276 g/mol. The lowest BCUT2D eigenvalue weighted by Gasteiger charge is -2.17. The molecule has 106 valence electrons. The van der Waals surface area contributed by atoms with Crippen molar-refractivity contribution in [3.8, 4) is 0 Å². The summed E-state index contributed by atoms with van der Waals surface area (Å²) in [5.41, 5.74) is 0.232. The Morgan fingerprint density at radius 2 is 2.10 bits per heavy atom. The van der Waals surface area contributed by atoms with Gasteiger partial charge in [-0.15, -0.1) is 0 Å². The Morgan fingerprint density at radius 1 is 1.40 bits per heavy atom. The van der Waals surface area contributed by atoms with Gasteiger partial charge in [-0.05, 0) is 12.1 Å². The van der Waals surface area contributed by atoms with Gasteiger partial charge in [0, 0.05) is 12.6 Å². The second-order valence-corrected chi connectivity index (χ2v) is 5.38. The van der Waals surface area contributed by atoms with E-state index in [1.54, 1.807) is 26.0 Å². The molecule has 1 aromatic heterocycles. The molecule has 0 atom stereocenters. The summed E-state index contributed by atoms with van der Waals surface area (Å²) in [6.45, 7) is 3.63. The van der Waals surface area contributed by atoms with Crippen LogP contribution >= 0.6 is 0 Å². The van der Waals surface area contributed by atoms with Crippen LogP contribution in [0.25, 0.3) is 0 Å². The smallest absolute Gasteiger partial charge is 0.339 e. The summed E-state index contributed by atoms with van der Waals surface area (Å²) in [6.07, 6.45) is 1.59. The van der Waals surface area contributed by atoms with E-state index in [9.17, 15) is 14.4 Å². The summed E-state index contributed by atoms with van der Waals surface area (Å²) in [7, 11) is 1.29. The number of methoxy groups -OCH3 is 1. The summed E-state index contributed by atoms with van der Waals surface area (Å²) in [6, 6.07) is 3.17. The van der Waals surface area contributed by atoms with Crippen molar-refractivity contribution in [2.24, 2.45) is 5.41 Å². The Morgan fingerprint density at radius 3 is 2.55 bits per heavy atom. The molecule has 20 heavy (non-hydrogen) atoms. The van der Waals surface area contributed by atoms with Gasteiger partial charge in [0.05, 0.1) is 30.3 Å². The number of hydrogen-bond donors (Lipinski definition) is 0. The standard InChI is InChI=1S/C14H16N2O4/c1-14(2)6-11(17)16(13(14)19)8-10-5-4-9(7-15-10)12(18)20-3/h4-5,7H,6,8H2,1-3H3. The van der Waals surface area contributed by atoms with E-state index in [1.165, 1.54) is 18.2 Å². The number of likely N-dealkylation sites (tertiary alicyclic amines) is 1. The van der Waals surface area contributed by atoms with Crippen LogP contribution in [0.4, 0.5) is 0 Å². The molecule has 0 radical (unpaired) electrons. The fraction of sp³-hybridized carbons (Fsp3) is 0.429. The number of carbonyl (C=O) groups excluding carboxylic acids is 3. The van der Waals surface area contributed by atoms with Crippen molar-refractivity contribution in [3.63, 3.8) is 0 Å². The van der Waals surface area contributed by atoms with Gasteiger partial charge in [-0.2, -0.15) is 0 Å². The van der Waals surface area contributed by atoms with Crippen molar-refractivity contribution in [1.82, 2.24) is 9.88 Å². The Labute approximate surface area is 116 Å². The molecule has 2 rings (SSSR count). The van der Waals surface area contributed by atoms with E-state index < -0.39 is 11.4 Å². The van der Waals surface area contributed by atoms with Gasteiger partial charge in [0.2, 0.25) is 11.8 Å². The third-order valence-corrected chi connectivity index (χ3v) is 3.28. The van der Waals surface area contributed by atoms with Gasteiger partial charge in [0.1, 0.15) is 0 Å². The first-order chi connectivity index (χ1) is 9.35. The normalized spacial score (nSPS) is 17.4. The van der Waals surface area contributed by atoms with E-state index in [4.69, 9.17) is 0 Å². The minimum atomic E-state index is -0.650. The number of pyridine rings is 1. The van der Waals surface area contributed by atoms with E-state index >= 15 is 0 Å². The zero-order valence-electron chi connectivity index (χ0n) is 11.7. The van der Waals surface area contributed by atoms with E-state index in [0.717, 1.165) is 0 Å². The van der Waals surface area contributed by atoms with Crippen LogP contribution in [0.5, 0.6) is 0 Å². The Bertz CT molecular complexity index is 563. The number of ether oxygens (including phenoxy) is 1. The molecular formula is C14H16N2O4. The van der Waals surface area contributed by atoms with Gasteiger partial charge in [-0.1, -0.05) is 13.8 Å². The van der Waals surface area contributed by atoms with Crippen LogP contribution in [-0.2, 0) is 20.9 Å². The summed E-state index contributed by atoms with van der Waals surface area (Å²) >= 11 is 0. The molecule has 0 spiro atoms. The van der Waals surface area contributed by atoms with Gasteiger partial charge in [-0.3, -0.25) is 19.5 Å². The van der Waals surface area contributed by atoms with Crippen molar-refractivity contribution in [1.29, 1.82) is 0 Å². The highest BCUT2D eigenvalue weighted by molar-refractivity contribution is 6.05. The molecule has 0 saturated carbocycles. The first-order valence-electron chi connectivity index (χ1n) is 6.23. The molecule has 1 saturated heterocycles. The maximum atomic E-state index is 12.1. The van der Waals surface area contributed by atoms with Crippen molar-refractivity contribution in [2.75, 3.05) is 7.11 Å². The molecule has 0 bridgehead atoms.